The summed E-state index contributed by atoms with van der Waals surface area (Å²) < 4.78 is 13.8. The van der Waals surface area contributed by atoms with Crippen LogP contribution in [0.25, 0.3) is 0 Å². The van der Waals surface area contributed by atoms with Gasteiger partial charge in [0.2, 0.25) is 0 Å². The van der Waals surface area contributed by atoms with Crippen molar-refractivity contribution in [2.75, 3.05) is 26.2 Å². The van der Waals surface area contributed by atoms with Crippen molar-refractivity contribution >= 4 is 36.4 Å². The van der Waals surface area contributed by atoms with Gasteiger partial charge in [0.15, 0.2) is 0 Å². The first-order valence-electron chi connectivity index (χ1n) is 5.73. The van der Waals surface area contributed by atoms with E-state index in [1.54, 1.807) is 0 Å². The molecule has 1 aliphatic rings. The van der Waals surface area contributed by atoms with E-state index < -0.39 is 5.82 Å². The van der Waals surface area contributed by atoms with E-state index in [-0.39, 0.29) is 41.6 Å². The van der Waals surface area contributed by atoms with Crippen LogP contribution in [0.4, 0.5) is 4.39 Å². The van der Waals surface area contributed by atoms with Gasteiger partial charge in [-0.2, -0.15) is 0 Å². The molecule has 0 spiro atoms. The molecule has 0 radical (unpaired) electrons. The zero-order valence-electron chi connectivity index (χ0n) is 10.5. The number of phenolic OH excluding ortho intramolecular Hbond substituents is 1. The number of halogens is 4. The first-order valence-corrected chi connectivity index (χ1v) is 6.10. The highest BCUT2D eigenvalue weighted by atomic mass is 35.5. The van der Waals surface area contributed by atoms with Gasteiger partial charge in [-0.15, -0.1) is 24.8 Å². The Hall–Kier alpha value is -0.260. The van der Waals surface area contributed by atoms with E-state index in [0.717, 1.165) is 26.2 Å². The molecule has 0 aromatic heterocycles. The molecule has 1 aromatic rings. The lowest BCUT2D eigenvalue weighted by atomic mass is 10.0. The first kappa shape index (κ1) is 18.7. The number of rotatable bonds is 2. The van der Waals surface area contributed by atoms with Gasteiger partial charge < -0.3 is 10.4 Å². The third-order valence-electron chi connectivity index (χ3n) is 3.23. The van der Waals surface area contributed by atoms with Crippen molar-refractivity contribution < 1.29 is 9.50 Å². The topological polar surface area (TPSA) is 35.5 Å². The molecule has 3 nitrogen and oxygen atoms in total. The molecule has 0 aliphatic carbocycles. The standard InChI is InChI=1S/C12H16ClFN2O.2ClH/c1-8(16-6-4-15-5-7-16)11-10(14)3-2-9(13)12(11)17;;/h2-3,8,15,17H,4-7H2,1H3;2*1H/t8-;;/m0../s1. The Labute approximate surface area is 129 Å². The summed E-state index contributed by atoms with van der Waals surface area (Å²) >= 11 is 5.82. The van der Waals surface area contributed by atoms with Crippen LogP contribution >= 0.6 is 36.4 Å². The third kappa shape index (κ3) is 4.10. The van der Waals surface area contributed by atoms with Crippen molar-refractivity contribution in [2.45, 2.75) is 13.0 Å². The van der Waals surface area contributed by atoms with Crippen LogP contribution in [-0.4, -0.2) is 36.2 Å². The van der Waals surface area contributed by atoms with Gasteiger partial charge in [0, 0.05) is 37.8 Å². The molecule has 1 saturated heterocycles. The molecule has 0 unspecified atom stereocenters. The highest BCUT2D eigenvalue weighted by molar-refractivity contribution is 6.32. The Morgan fingerprint density at radius 3 is 2.47 bits per heavy atom. The average Bonchev–Trinajstić information content (AvgIpc) is 2.35. The second-order valence-corrected chi connectivity index (χ2v) is 4.66. The van der Waals surface area contributed by atoms with E-state index in [1.165, 1.54) is 12.1 Å². The van der Waals surface area contributed by atoms with Gasteiger partial charge in [0.25, 0.3) is 0 Å². The molecule has 2 N–H and O–H groups in total. The number of hydrogen-bond acceptors (Lipinski definition) is 3. The minimum absolute atomic E-state index is 0. The average molecular weight is 332 g/mol. The molecule has 7 heteroatoms. The van der Waals surface area contributed by atoms with E-state index in [4.69, 9.17) is 11.6 Å². The summed E-state index contributed by atoms with van der Waals surface area (Å²) in [6.45, 7) is 5.33. The molecule has 0 bridgehead atoms. The molecule has 19 heavy (non-hydrogen) atoms. The molecule has 1 heterocycles. The minimum Gasteiger partial charge on any atom is -0.506 e. The van der Waals surface area contributed by atoms with Crippen molar-refractivity contribution in [2.24, 2.45) is 0 Å². The lowest BCUT2D eigenvalue weighted by Crippen LogP contribution is -2.44. The molecule has 1 atom stereocenters. The molecule has 0 saturated carbocycles. The van der Waals surface area contributed by atoms with Crippen LogP contribution < -0.4 is 5.32 Å². The fourth-order valence-corrected chi connectivity index (χ4v) is 2.37. The Morgan fingerprint density at radius 2 is 1.89 bits per heavy atom. The summed E-state index contributed by atoms with van der Waals surface area (Å²) in [7, 11) is 0. The fraction of sp³-hybridized carbons (Fsp3) is 0.500. The number of phenols is 1. The third-order valence-corrected chi connectivity index (χ3v) is 3.54. The Morgan fingerprint density at radius 1 is 1.32 bits per heavy atom. The van der Waals surface area contributed by atoms with Crippen molar-refractivity contribution in [3.05, 3.63) is 28.5 Å². The predicted octanol–water partition coefficient (Wildman–Crippen LogP) is 2.99. The monoisotopic (exact) mass is 330 g/mol. The lowest BCUT2D eigenvalue weighted by Gasteiger charge is -2.33. The number of aromatic hydroxyl groups is 1. The van der Waals surface area contributed by atoms with Gasteiger partial charge in [-0.05, 0) is 19.1 Å². The summed E-state index contributed by atoms with van der Waals surface area (Å²) in [5.41, 5.74) is 0.291. The molecular weight excluding hydrogens is 314 g/mol. The largest absolute Gasteiger partial charge is 0.506 e. The Kier molecular flexibility index (Phi) is 8.01. The van der Waals surface area contributed by atoms with E-state index in [9.17, 15) is 9.50 Å². The summed E-state index contributed by atoms with van der Waals surface area (Å²) in [6, 6.07) is 2.51. The normalized spacial score (nSPS) is 17.2. The molecular formula is C12H18Cl3FN2O. The fourth-order valence-electron chi connectivity index (χ4n) is 2.21. The second-order valence-electron chi connectivity index (χ2n) is 4.25. The van der Waals surface area contributed by atoms with Crippen LogP contribution in [0.5, 0.6) is 5.75 Å². The van der Waals surface area contributed by atoms with E-state index in [0.29, 0.717) is 5.56 Å². The van der Waals surface area contributed by atoms with Gasteiger partial charge >= 0.3 is 0 Å². The van der Waals surface area contributed by atoms with Crippen LogP contribution in [0, 0.1) is 5.82 Å². The number of nitrogens with zero attached hydrogens (tertiary/aromatic N) is 1. The number of nitrogens with one attached hydrogen (secondary N) is 1. The molecule has 0 amide bonds. The van der Waals surface area contributed by atoms with Gasteiger partial charge in [-0.1, -0.05) is 11.6 Å². The molecule has 1 aromatic carbocycles. The highest BCUT2D eigenvalue weighted by Crippen LogP contribution is 2.36. The number of benzene rings is 1. The lowest BCUT2D eigenvalue weighted by molar-refractivity contribution is 0.179. The maximum atomic E-state index is 13.8. The van der Waals surface area contributed by atoms with Gasteiger partial charge in [-0.3, -0.25) is 4.90 Å². The van der Waals surface area contributed by atoms with Gasteiger partial charge in [-0.25, -0.2) is 4.39 Å². The highest BCUT2D eigenvalue weighted by Gasteiger charge is 2.24. The van der Waals surface area contributed by atoms with Gasteiger partial charge in [0.05, 0.1) is 5.02 Å². The van der Waals surface area contributed by atoms with Crippen molar-refractivity contribution in [1.29, 1.82) is 0 Å². The first-order chi connectivity index (χ1) is 8.11. The summed E-state index contributed by atoms with van der Waals surface area (Å²) in [6.07, 6.45) is 0. The maximum absolute atomic E-state index is 13.8. The Bertz CT molecular complexity index is 414. The number of piperazine rings is 1. The van der Waals surface area contributed by atoms with Crippen LogP contribution in [-0.2, 0) is 0 Å². The smallest absolute Gasteiger partial charge is 0.141 e. The van der Waals surface area contributed by atoms with E-state index >= 15 is 0 Å². The molecule has 1 aliphatic heterocycles. The maximum Gasteiger partial charge on any atom is 0.141 e. The van der Waals surface area contributed by atoms with Crippen LogP contribution in [0.2, 0.25) is 5.02 Å². The second kappa shape index (κ2) is 8.12. The zero-order chi connectivity index (χ0) is 12.4. The van der Waals surface area contributed by atoms with Crippen LogP contribution in [0.3, 0.4) is 0 Å². The predicted molar refractivity (Wildman–Crippen MR) is 80.4 cm³/mol. The number of hydrogen-bond donors (Lipinski definition) is 2. The van der Waals surface area contributed by atoms with Gasteiger partial charge in [0.1, 0.15) is 11.6 Å². The summed E-state index contributed by atoms with van der Waals surface area (Å²) in [5, 5.41) is 13.3. The zero-order valence-corrected chi connectivity index (χ0v) is 12.9. The quantitative estimate of drug-likeness (QED) is 0.874. The minimum atomic E-state index is -0.405. The molecule has 2 rings (SSSR count). The Balaban J connectivity index is 0.00000162. The summed E-state index contributed by atoms with van der Waals surface area (Å²) in [4.78, 5) is 2.13. The van der Waals surface area contributed by atoms with Crippen molar-refractivity contribution in [3.63, 3.8) is 0 Å². The van der Waals surface area contributed by atoms with E-state index in [1.807, 2.05) is 6.92 Å². The van der Waals surface area contributed by atoms with Crippen molar-refractivity contribution in [1.82, 2.24) is 10.2 Å². The summed E-state index contributed by atoms with van der Waals surface area (Å²) in [5.74, 6) is -0.546. The van der Waals surface area contributed by atoms with E-state index in [2.05, 4.69) is 10.2 Å². The SMILES string of the molecule is C[C@@H](c1c(F)ccc(Cl)c1O)N1CCNCC1.Cl.Cl. The van der Waals surface area contributed by atoms with Crippen molar-refractivity contribution in [3.8, 4) is 5.75 Å². The van der Waals surface area contributed by atoms with Crippen LogP contribution in [0.1, 0.15) is 18.5 Å². The molecule has 110 valence electrons. The molecule has 1 fully saturated rings. The van der Waals surface area contributed by atoms with Crippen LogP contribution in [0.15, 0.2) is 12.1 Å².